The van der Waals surface area contributed by atoms with E-state index in [0.717, 1.165) is 17.9 Å². The van der Waals surface area contributed by atoms with E-state index >= 15 is 0 Å². The van der Waals surface area contributed by atoms with Gasteiger partial charge in [-0.05, 0) is 36.4 Å². The molecule has 2 amide bonds. The molecule has 26 nitrogen and oxygen atoms in total. The van der Waals surface area contributed by atoms with Gasteiger partial charge >= 0.3 is 11.4 Å². The SMILES string of the molecule is COCC1OC(n2cc(C#CCNC(=O)c3ccc(NN)nc3)c(N)nc2=O)CC1OP(C)(=O)[O-].COCC1OC(n2cc(C#CCNC(=O)c3ccc(OC)cc3)c(N)nc2=O)CC1OP(C)(=O)[O-]. The third-order valence-corrected chi connectivity index (χ3v) is 11.2. The van der Waals surface area contributed by atoms with Gasteiger partial charge in [-0.2, -0.15) is 9.97 Å². The average molecular weight is 1010 g/mol. The molecular formula is C42H51N11O15P2-2. The number of methoxy groups -OCH3 is 3. The number of carbonyl (C=O) groups excluding carboxylic acids is 2. The van der Waals surface area contributed by atoms with E-state index in [2.05, 4.69) is 54.7 Å². The Morgan fingerprint density at radius 2 is 1.20 bits per heavy atom. The quantitative estimate of drug-likeness (QED) is 0.0336. The topological polar surface area (TPSA) is 376 Å². The summed E-state index contributed by atoms with van der Waals surface area (Å²) in [6, 6.07) is 9.68. The van der Waals surface area contributed by atoms with Crippen LogP contribution in [0.2, 0.25) is 0 Å². The predicted octanol–water partition coefficient (Wildman–Crippen LogP) is -1.09. The Kier molecular flexibility index (Phi) is 19.3. The Hall–Kier alpha value is -6.51. The lowest BCUT2D eigenvalue weighted by molar-refractivity contribution is -0.203. The molecule has 9 N–H and O–H groups in total. The van der Waals surface area contributed by atoms with Crippen molar-refractivity contribution in [3.63, 3.8) is 0 Å². The van der Waals surface area contributed by atoms with Gasteiger partial charge < -0.3 is 79.2 Å². The Morgan fingerprint density at radius 1 is 0.757 bits per heavy atom. The molecule has 0 spiro atoms. The number of hydrogen-bond acceptors (Lipinski definition) is 22. The van der Waals surface area contributed by atoms with Crippen molar-refractivity contribution >= 4 is 44.5 Å². The third-order valence-electron chi connectivity index (χ3n) is 9.91. The number of nitrogens with zero attached hydrogens (tertiary/aromatic N) is 5. The highest BCUT2D eigenvalue weighted by atomic mass is 31.2. The second-order valence-electron chi connectivity index (χ2n) is 15.2. The number of carbonyl (C=O) groups is 2. The van der Waals surface area contributed by atoms with Crippen LogP contribution in [-0.2, 0) is 37.1 Å². The Bertz CT molecular complexity index is 2630. The van der Waals surface area contributed by atoms with Gasteiger partial charge in [0.2, 0.25) is 0 Å². The van der Waals surface area contributed by atoms with E-state index in [1.54, 1.807) is 36.4 Å². The maximum Gasteiger partial charge on any atom is 0.351 e. The van der Waals surface area contributed by atoms with E-state index in [9.17, 15) is 38.1 Å². The molecule has 8 atom stereocenters. The van der Waals surface area contributed by atoms with E-state index in [0.29, 0.717) is 22.7 Å². The van der Waals surface area contributed by atoms with Gasteiger partial charge in [0.15, 0.2) is 0 Å². The number of nitrogens with one attached hydrogen (secondary N) is 3. The number of anilines is 3. The number of hydrazine groups is 1. The van der Waals surface area contributed by atoms with Crippen molar-refractivity contribution in [1.82, 2.24) is 34.7 Å². The van der Waals surface area contributed by atoms with E-state index < -0.39 is 69.3 Å². The molecule has 0 bridgehead atoms. The molecule has 5 heterocycles. The highest BCUT2D eigenvalue weighted by molar-refractivity contribution is 7.50. The number of rotatable bonds is 16. The molecule has 2 fully saturated rings. The molecule has 28 heteroatoms. The molecular weight excluding hydrogens is 960 g/mol. The molecule has 2 aliphatic heterocycles. The third kappa shape index (κ3) is 15.8. The van der Waals surface area contributed by atoms with Crippen molar-refractivity contribution in [1.29, 1.82) is 0 Å². The standard InChI is InChI=1S/C22H27N4O8P.C20H26N7O7P/c1-31-13-18-17(34-35(3,29)30)11-19(33-18)26-12-15(20(23)25-22(26)28)5-4-10-24-21(27)14-6-8-16(32-2)9-7-14;1-32-11-15-14(34-35(2,30)31)8-17(33-15)27-10-13(18(21)25-20(27)29)4-3-7-23-19(28)12-5-6-16(26-22)24-9-12/h6-9,12,17-19H,10-11,13H2,1-3H3,(H,24,27)(H,29,30)(H2,23,25,28);5-6,9-10,14-15,17H,7-8,11,22H2,1-2H3,(H,23,28)(H,24,26)(H,30,31)(H2,21,25,29)/p-2. The van der Waals surface area contributed by atoms with Crippen molar-refractivity contribution in [2.45, 2.75) is 49.7 Å². The second kappa shape index (κ2) is 24.9. The van der Waals surface area contributed by atoms with Crippen LogP contribution in [0, 0.1) is 23.7 Å². The molecule has 0 saturated carbocycles. The molecule has 2 aliphatic rings. The normalized spacial score (nSPS) is 21.0. The number of pyridine rings is 1. The minimum absolute atomic E-state index is 0.0183. The number of aromatic nitrogens is 5. The summed E-state index contributed by atoms with van der Waals surface area (Å²) in [7, 11) is -3.70. The van der Waals surface area contributed by atoms with Crippen LogP contribution in [0.5, 0.6) is 5.75 Å². The predicted molar refractivity (Wildman–Crippen MR) is 247 cm³/mol. The van der Waals surface area contributed by atoms with Crippen LogP contribution >= 0.6 is 15.2 Å². The molecule has 70 heavy (non-hydrogen) atoms. The van der Waals surface area contributed by atoms with Crippen LogP contribution in [-0.4, -0.2) is 121 Å². The van der Waals surface area contributed by atoms with E-state index in [-0.39, 0.29) is 67.8 Å². The van der Waals surface area contributed by atoms with Crippen LogP contribution in [0.3, 0.4) is 0 Å². The summed E-state index contributed by atoms with van der Waals surface area (Å²) in [5.74, 6) is 16.4. The zero-order valence-electron chi connectivity index (χ0n) is 38.4. The van der Waals surface area contributed by atoms with Crippen molar-refractivity contribution < 1.29 is 61.2 Å². The van der Waals surface area contributed by atoms with Gasteiger partial charge in [-0.1, -0.05) is 23.7 Å². The molecule has 0 radical (unpaired) electrons. The first-order chi connectivity index (χ1) is 33.2. The van der Waals surface area contributed by atoms with Gasteiger partial charge in [0.25, 0.3) is 11.8 Å². The first kappa shape index (κ1) is 54.4. The van der Waals surface area contributed by atoms with Crippen molar-refractivity contribution in [3.05, 3.63) is 98.2 Å². The van der Waals surface area contributed by atoms with Crippen molar-refractivity contribution in [3.8, 4) is 29.4 Å². The average Bonchev–Trinajstić information content (AvgIpc) is 3.88. The minimum Gasteiger partial charge on any atom is -0.779 e. The van der Waals surface area contributed by atoms with Crippen molar-refractivity contribution in [2.24, 2.45) is 5.84 Å². The fraction of sp³-hybridized carbons (Fsp3) is 0.405. The van der Waals surface area contributed by atoms with Gasteiger partial charge in [-0.3, -0.25) is 18.7 Å². The lowest BCUT2D eigenvalue weighted by atomic mass is 10.2. The van der Waals surface area contributed by atoms with Crippen LogP contribution in [0.4, 0.5) is 17.5 Å². The van der Waals surface area contributed by atoms with Gasteiger partial charge in [0, 0.05) is 64.5 Å². The van der Waals surface area contributed by atoms with Crippen LogP contribution in [0.25, 0.3) is 0 Å². The maximum atomic E-state index is 12.4. The number of hydrogen-bond donors (Lipinski definition) is 6. The molecule has 0 aliphatic carbocycles. The summed E-state index contributed by atoms with van der Waals surface area (Å²) >= 11 is 0. The number of nitrogens with two attached hydrogens (primary N) is 3. The molecule has 4 aromatic rings. The summed E-state index contributed by atoms with van der Waals surface area (Å²) in [4.78, 5) is 84.0. The largest absolute Gasteiger partial charge is 0.779 e. The van der Waals surface area contributed by atoms with Gasteiger partial charge in [-0.15, -0.1) is 0 Å². The highest BCUT2D eigenvalue weighted by Gasteiger charge is 2.40. The summed E-state index contributed by atoms with van der Waals surface area (Å²) in [5, 5.41) is 5.27. The van der Waals surface area contributed by atoms with Crippen molar-refractivity contribution in [2.75, 3.05) is 77.9 Å². The molecule has 6 rings (SSSR count). The van der Waals surface area contributed by atoms with Gasteiger partial charge in [0.1, 0.15) is 63.1 Å². The summed E-state index contributed by atoms with van der Waals surface area (Å²) in [6.45, 7) is 2.04. The monoisotopic (exact) mass is 1010 g/mol. The summed E-state index contributed by atoms with van der Waals surface area (Å²) in [5.41, 5.74) is 13.9. The highest BCUT2D eigenvalue weighted by Crippen LogP contribution is 2.42. The second-order valence-corrected chi connectivity index (χ2v) is 18.7. The summed E-state index contributed by atoms with van der Waals surface area (Å²) < 4.78 is 62.6. The maximum absolute atomic E-state index is 12.4. The van der Waals surface area contributed by atoms with E-state index in [1.165, 1.54) is 44.5 Å². The molecule has 2 saturated heterocycles. The molecule has 3 aromatic heterocycles. The number of nitrogen functional groups attached to an aromatic ring is 3. The molecule has 1 aromatic carbocycles. The van der Waals surface area contributed by atoms with Crippen LogP contribution in [0.15, 0.2) is 64.6 Å². The fourth-order valence-electron chi connectivity index (χ4n) is 6.74. The minimum atomic E-state index is -4.05. The van der Waals surface area contributed by atoms with Gasteiger partial charge in [0.05, 0.1) is 62.3 Å². The lowest BCUT2D eigenvalue weighted by Crippen LogP contribution is -2.29. The zero-order valence-corrected chi connectivity index (χ0v) is 40.2. The van der Waals surface area contributed by atoms with Gasteiger partial charge in [-0.25, -0.2) is 20.4 Å². The fourth-order valence-corrected chi connectivity index (χ4v) is 8.17. The smallest absolute Gasteiger partial charge is 0.351 e. The Labute approximate surface area is 400 Å². The molecule has 8 unspecified atom stereocenters. The Morgan fingerprint density at radius 3 is 1.59 bits per heavy atom. The Balaban J connectivity index is 0.000000261. The van der Waals surface area contributed by atoms with E-state index in [4.69, 9.17) is 50.0 Å². The zero-order chi connectivity index (χ0) is 51.2. The van der Waals surface area contributed by atoms with Crippen LogP contribution in [0.1, 0.15) is 57.1 Å². The first-order valence-electron chi connectivity index (χ1n) is 20.8. The lowest BCUT2D eigenvalue weighted by Gasteiger charge is -2.25. The molecule has 376 valence electrons. The van der Waals surface area contributed by atoms with E-state index in [1.807, 2.05) is 0 Å². The number of benzene rings is 1. The first-order valence-corrected chi connectivity index (χ1v) is 24.8. The number of ether oxygens (including phenoxy) is 5. The summed E-state index contributed by atoms with van der Waals surface area (Å²) in [6.07, 6.45) is -0.593. The number of amides is 2. The van der Waals surface area contributed by atoms with Crippen LogP contribution < -0.4 is 59.3 Å².